The Morgan fingerprint density at radius 2 is 2.00 bits per heavy atom. The molecular weight excluding hydrogens is 228 g/mol. The topological polar surface area (TPSA) is 44.8 Å². The van der Waals surface area contributed by atoms with Crippen molar-refractivity contribution in [3.63, 3.8) is 0 Å². The Morgan fingerprint density at radius 1 is 1.38 bits per heavy atom. The van der Waals surface area contributed by atoms with Gasteiger partial charge in [0.05, 0.1) is 25.1 Å². The molecule has 0 aromatic rings. The van der Waals surface area contributed by atoms with Crippen molar-refractivity contribution < 1.29 is 19.3 Å². The molecule has 0 spiro atoms. The zero-order valence-corrected chi connectivity index (χ0v) is 11.6. The third-order valence-corrected chi connectivity index (χ3v) is 2.76. The van der Waals surface area contributed by atoms with Crippen molar-refractivity contribution in [1.29, 1.82) is 0 Å². The first-order valence-corrected chi connectivity index (χ1v) is 6.46. The van der Waals surface area contributed by atoms with Crippen LogP contribution in [0.5, 0.6) is 0 Å². The summed E-state index contributed by atoms with van der Waals surface area (Å²) in [5, 5.41) is 0. The third kappa shape index (κ3) is 10.3. The molecule has 0 aliphatic carbocycles. The van der Waals surface area contributed by atoms with Crippen LogP contribution >= 0.6 is 11.8 Å². The SMILES string of the molecule is COC(=O)CSCC(C)COOC(C)(C)C. The van der Waals surface area contributed by atoms with Crippen molar-refractivity contribution in [2.75, 3.05) is 25.2 Å². The lowest BCUT2D eigenvalue weighted by Gasteiger charge is -2.19. The van der Waals surface area contributed by atoms with E-state index < -0.39 is 0 Å². The molecule has 0 fully saturated rings. The van der Waals surface area contributed by atoms with E-state index in [0.717, 1.165) is 5.75 Å². The molecule has 0 N–H and O–H groups in total. The lowest BCUT2D eigenvalue weighted by atomic mass is 10.2. The molecule has 0 aromatic carbocycles. The summed E-state index contributed by atoms with van der Waals surface area (Å²) >= 11 is 1.54. The number of rotatable bonds is 7. The lowest BCUT2D eigenvalue weighted by Crippen LogP contribution is -2.21. The molecule has 96 valence electrons. The largest absolute Gasteiger partial charge is 0.468 e. The summed E-state index contributed by atoms with van der Waals surface area (Å²) in [6.07, 6.45) is 0. The Labute approximate surface area is 102 Å². The van der Waals surface area contributed by atoms with Crippen LogP contribution in [0.15, 0.2) is 0 Å². The summed E-state index contributed by atoms with van der Waals surface area (Å²) in [5.41, 5.74) is -0.279. The molecule has 0 aromatic heterocycles. The van der Waals surface area contributed by atoms with E-state index in [1.54, 1.807) is 11.8 Å². The molecule has 0 radical (unpaired) electrons. The van der Waals surface area contributed by atoms with Crippen molar-refractivity contribution in [3.05, 3.63) is 0 Å². The summed E-state index contributed by atoms with van der Waals surface area (Å²) in [7, 11) is 1.40. The van der Waals surface area contributed by atoms with Gasteiger partial charge in [-0.3, -0.25) is 4.79 Å². The van der Waals surface area contributed by atoms with Gasteiger partial charge in [0.25, 0.3) is 0 Å². The van der Waals surface area contributed by atoms with Gasteiger partial charge in [0.15, 0.2) is 0 Å². The number of methoxy groups -OCH3 is 1. The van der Waals surface area contributed by atoms with Crippen LogP contribution in [0.25, 0.3) is 0 Å². The maximum absolute atomic E-state index is 10.8. The van der Waals surface area contributed by atoms with E-state index in [9.17, 15) is 4.79 Å². The molecule has 0 bridgehead atoms. The molecule has 0 saturated carbocycles. The summed E-state index contributed by atoms with van der Waals surface area (Å²) in [6, 6.07) is 0. The van der Waals surface area contributed by atoms with Gasteiger partial charge in [0.2, 0.25) is 0 Å². The van der Waals surface area contributed by atoms with E-state index in [2.05, 4.69) is 11.7 Å². The van der Waals surface area contributed by atoms with E-state index in [1.807, 2.05) is 20.8 Å². The van der Waals surface area contributed by atoms with E-state index in [0.29, 0.717) is 18.3 Å². The Bertz CT molecular complexity index is 201. The predicted octanol–water partition coefficient (Wildman–Crippen LogP) is 2.28. The molecule has 1 unspecified atom stereocenters. The smallest absolute Gasteiger partial charge is 0.315 e. The summed E-state index contributed by atoms with van der Waals surface area (Å²) in [6.45, 7) is 8.39. The summed E-state index contributed by atoms with van der Waals surface area (Å²) < 4.78 is 4.54. The predicted molar refractivity (Wildman–Crippen MR) is 65.3 cm³/mol. The van der Waals surface area contributed by atoms with Crippen LogP contribution < -0.4 is 0 Å². The van der Waals surface area contributed by atoms with E-state index in [4.69, 9.17) is 9.78 Å². The van der Waals surface area contributed by atoms with Gasteiger partial charge in [-0.25, -0.2) is 9.78 Å². The van der Waals surface area contributed by atoms with Gasteiger partial charge < -0.3 is 4.74 Å². The van der Waals surface area contributed by atoms with Gasteiger partial charge >= 0.3 is 5.97 Å². The van der Waals surface area contributed by atoms with Gasteiger partial charge in [-0.15, -0.1) is 11.8 Å². The Balaban J connectivity index is 3.45. The normalized spacial score (nSPS) is 13.6. The summed E-state index contributed by atoms with van der Waals surface area (Å²) in [4.78, 5) is 21.1. The zero-order valence-electron chi connectivity index (χ0n) is 10.7. The van der Waals surface area contributed by atoms with Crippen LogP contribution in [0.3, 0.4) is 0 Å². The number of ether oxygens (including phenoxy) is 1. The number of carbonyl (C=O) groups is 1. The zero-order chi connectivity index (χ0) is 12.6. The van der Waals surface area contributed by atoms with Crippen LogP contribution in [0.2, 0.25) is 0 Å². The first kappa shape index (κ1) is 15.7. The highest BCUT2D eigenvalue weighted by atomic mass is 32.2. The maximum Gasteiger partial charge on any atom is 0.315 e. The molecule has 0 rings (SSSR count). The fraction of sp³-hybridized carbons (Fsp3) is 0.909. The standard InChI is InChI=1S/C11H22O4S/c1-9(6-14-15-11(2,3)4)7-16-8-10(12)13-5/h9H,6-8H2,1-5H3. The number of hydrogen-bond donors (Lipinski definition) is 0. The van der Waals surface area contributed by atoms with Crippen molar-refractivity contribution in [1.82, 2.24) is 0 Å². The Morgan fingerprint density at radius 3 is 2.50 bits per heavy atom. The van der Waals surface area contributed by atoms with E-state index >= 15 is 0 Å². The number of hydrogen-bond acceptors (Lipinski definition) is 5. The quantitative estimate of drug-likeness (QED) is 0.394. The summed E-state index contributed by atoms with van der Waals surface area (Å²) in [5.74, 6) is 1.39. The average Bonchev–Trinajstić information content (AvgIpc) is 2.15. The first-order chi connectivity index (χ1) is 7.35. The van der Waals surface area contributed by atoms with Crippen molar-refractivity contribution in [2.45, 2.75) is 33.3 Å². The second-order valence-electron chi connectivity index (χ2n) is 4.68. The molecule has 4 nitrogen and oxygen atoms in total. The average molecular weight is 250 g/mol. The minimum Gasteiger partial charge on any atom is -0.468 e. The van der Waals surface area contributed by atoms with Crippen LogP contribution in [-0.2, 0) is 19.3 Å². The number of carbonyl (C=O) groups excluding carboxylic acids is 1. The Hall–Kier alpha value is -0.260. The van der Waals surface area contributed by atoms with E-state index in [1.165, 1.54) is 7.11 Å². The van der Waals surface area contributed by atoms with Crippen LogP contribution in [-0.4, -0.2) is 36.8 Å². The molecule has 0 heterocycles. The second kappa shape index (κ2) is 7.92. The fourth-order valence-electron chi connectivity index (χ4n) is 0.777. The van der Waals surface area contributed by atoms with Crippen LogP contribution in [0.4, 0.5) is 0 Å². The first-order valence-electron chi connectivity index (χ1n) is 5.30. The highest BCUT2D eigenvalue weighted by molar-refractivity contribution is 7.99. The number of esters is 1. The van der Waals surface area contributed by atoms with Gasteiger partial charge in [0.1, 0.15) is 0 Å². The van der Waals surface area contributed by atoms with E-state index in [-0.39, 0.29) is 11.6 Å². The molecule has 5 heteroatoms. The van der Waals surface area contributed by atoms with Gasteiger partial charge in [-0.2, -0.15) is 0 Å². The molecular formula is C11H22O4S. The van der Waals surface area contributed by atoms with Gasteiger partial charge in [-0.05, 0) is 32.4 Å². The minimum absolute atomic E-state index is 0.191. The van der Waals surface area contributed by atoms with Crippen molar-refractivity contribution >= 4 is 17.7 Å². The second-order valence-corrected chi connectivity index (χ2v) is 5.71. The number of thioether (sulfide) groups is 1. The van der Waals surface area contributed by atoms with Crippen molar-refractivity contribution in [2.24, 2.45) is 5.92 Å². The monoisotopic (exact) mass is 250 g/mol. The molecule has 0 amide bonds. The highest BCUT2D eigenvalue weighted by Crippen LogP contribution is 2.12. The molecule has 0 aliphatic heterocycles. The fourth-order valence-corrected chi connectivity index (χ4v) is 1.68. The van der Waals surface area contributed by atoms with Gasteiger partial charge in [-0.1, -0.05) is 6.92 Å². The Kier molecular flexibility index (Phi) is 7.80. The van der Waals surface area contributed by atoms with Gasteiger partial charge in [0, 0.05) is 0 Å². The highest BCUT2D eigenvalue weighted by Gasteiger charge is 2.13. The van der Waals surface area contributed by atoms with Crippen LogP contribution in [0, 0.1) is 5.92 Å². The molecule has 1 atom stereocenters. The lowest BCUT2D eigenvalue weighted by molar-refractivity contribution is -0.352. The molecule has 16 heavy (non-hydrogen) atoms. The van der Waals surface area contributed by atoms with Crippen LogP contribution in [0.1, 0.15) is 27.7 Å². The third-order valence-electron chi connectivity index (χ3n) is 1.51. The maximum atomic E-state index is 10.8. The minimum atomic E-state index is -0.279. The van der Waals surface area contributed by atoms with Crippen molar-refractivity contribution in [3.8, 4) is 0 Å². The molecule has 0 aliphatic rings. The molecule has 0 saturated heterocycles.